The van der Waals surface area contributed by atoms with Gasteiger partial charge in [-0.1, -0.05) is 43.6 Å². The van der Waals surface area contributed by atoms with Gasteiger partial charge in [0.25, 0.3) is 0 Å². The molecule has 102 valence electrons. The first kappa shape index (κ1) is 16.9. The Morgan fingerprint density at radius 1 is 1.18 bits per heavy atom. The summed E-state index contributed by atoms with van der Waals surface area (Å²) in [6.45, 7) is 13.5. The topological polar surface area (TPSA) is 23.6 Å². The average Bonchev–Trinajstić information content (AvgIpc) is 2.28. The Hall–Kier alpha value is -0.0900. The van der Waals surface area contributed by atoms with Crippen molar-refractivity contribution in [1.82, 2.24) is 9.80 Å². The van der Waals surface area contributed by atoms with Crippen molar-refractivity contribution >= 4 is 21.8 Å². The lowest BCUT2D eigenvalue weighted by molar-refractivity contribution is -0.131. The van der Waals surface area contributed by atoms with E-state index >= 15 is 0 Å². The minimum atomic E-state index is 0.266. The molecular formula is C13H27BrN2O. The van der Waals surface area contributed by atoms with E-state index in [2.05, 4.69) is 48.5 Å². The van der Waals surface area contributed by atoms with E-state index in [1.165, 1.54) is 0 Å². The molecule has 0 aromatic heterocycles. The Balaban J connectivity index is 4.22. The van der Waals surface area contributed by atoms with Crippen LogP contribution in [0.25, 0.3) is 0 Å². The standard InChI is InChI=1S/C13H27BrN2O/c1-5-15(6-2)9-10-16(11-12(3)4)13(17)7-8-14/h12H,5-11H2,1-4H3. The van der Waals surface area contributed by atoms with Gasteiger partial charge in [0.15, 0.2) is 0 Å². The molecule has 0 atom stereocenters. The molecule has 0 aromatic rings. The first-order valence-electron chi connectivity index (χ1n) is 6.61. The number of hydrogen-bond donors (Lipinski definition) is 0. The second-order valence-corrected chi connectivity index (χ2v) is 5.49. The van der Waals surface area contributed by atoms with Crippen LogP contribution in [0.2, 0.25) is 0 Å². The third kappa shape index (κ3) is 7.77. The number of carbonyl (C=O) groups excluding carboxylic acids is 1. The minimum absolute atomic E-state index is 0.266. The van der Waals surface area contributed by atoms with E-state index in [9.17, 15) is 4.79 Å². The number of carbonyl (C=O) groups is 1. The zero-order valence-electron chi connectivity index (χ0n) is 11.7. The van der Waals surface area contributed by atoms with Crippen molar-refractivity contribution in [2.24, 2.45) is 5.92 Å². The SMILES string of the molecule is CCN(CC)CCN(CC(C)C)C(=O)CCBr. The van der Waals surface area contributed by atoms with Gasteiger partial charge in [-0.3, -0.25) is 4.79 Å². The lowest BCUT2D eigenvalue weighted by Gasteiger charge is -2.27. The number of halogens is 1. The van der Waals surface area contributed by atoms with Crippen LogP contribution in [0, 0.1) is 5.92 Å². The van der Waals surface area contributed by atoms with E-state index in [0.717, 1.165) is 38.1 Å². The normalized spacial score (nSPS) is 11.2. The van der Waals surface area contributed by atoms with Crippen LogP contribution in [0.4, 0.5) is 0 Å². The summed E-state index contributed by atoms with van der Waals surface area (Å²) in [7, 11) is 0. The molecule has 0 spiro atoms. The van der Waals surface area contributed by atoms with Gasteiger partial charge in [-0.2, -0.15) is 0 Å². The predicted molar refractivity (Wildman–Crippen MR) is 77.6 cm³/mol. The molecule has 0 rings (SSSR count). The minimum Gasteiger partial charge on any atom is -0.341 e. The monoisotopic (exact) mass is 306 g/mol. The van der Waals surface area contributed by atoms with Crippen LogP contribution in [0.5, 0.6) is 0 Å². The highest BCUT2D eigenvalue weighted by molar-refractivity contribution is 9.09. The van der Waals surface area contributed by atoms with Gasteiger partial charge in [0, 0.05) is 31.4 Å². The number of amides is 1. The molecule has 0 aliphatic heterocycles. The van der Waals surface area contributed by atoms with Crippen LogP contribution in [0.15, 0.2) is 0 Å². The van der Waals surface area contributed by atoms with E-state index in [4.69, 9.17) is 0 Å². The zero-order valence-corrected chi connectivity index (χ0v) is 13.3. The Morgan fingerprint density at radius 3 is 2.18 bits per heavy atom. The molecule has 0 bridgehead atoms. The van der Waals surface area contributed by atoms with E-state index in [1.54, 1.807) is 0 Å². The molecule has 0 saturated carbocycles. The van der Waals surface area contributed by atoms with Crippen molar-refractivity contribution in [3.8, 4) is 0 Å². The highest BCUT2D eigenvalue weighted by Gasteiger charge is 2.14. The molecule has 0 saturated heterocycles. The molecule has 0 aliphatic rings. The molecule has 0 radical (unpaired) electrons. The van der Waals surface area contributed by atoms with Crippen molar-refractivity contribution in [3.05, 3.63) is 0 Å². The largest absolute Gasteiger partial charge is 0.341 e. The third-order valence-electron chi connectivity index (χ3n) is 2.83. The van der Waals surface area contributed by atoms with E-state index in [1.807, 2.05) is 4.90 Å². The maximum absolute atomic E-state index is 11.9. The molecule has 0 aromatic carbocycles. The lowest BCUT2D eigenvalue weighted by Crippen LogP contribution is -2.40. The fraction of sp³-hybridized carbons (Fsp3) is 0.923. The van der Waals surface area contributed by atoms with Crippen LogP contribution >= 0.6 is 15.9 Å². The number of alkyl halides is 1. The Morgan fingerprint density at radius 2 is 1.76 bits per heavy atom. The van der Waals surface area contributed by atoms with Crippen LogP contribution in [0.1, 0.15) is 34.1 Å². The molecular weight excluding hydrogens is 280 g/mol. The van der Waals surface area contributed by atoms with Gasteiger partial charge in [-0.05, 0) is 19.0 Å². The third-order valence-corrected chi connectivity index (χ3v) is 3.22. The molecule has 0 aliphatic carbocycles. The summed E-state index contributed by atoms with van der Waals surface area (Å²) >= 11 is 3.33. The summed E-state index contributed by atoms with van der Waals surface area (Å²) in [5.74, 6) is 0.800. The van der Waals surface area contributed by atoms with Crippen LogP contribution in [-0.2, 0) is 4.79 Å². The Labute approximate surface area is 115 Å². The lowest BCUT2D eigenvalue weighted by atomic mass is 10.2. The Kier molecular flexibility index (Phi) is 9.84. The van der Waals surface area contributed by atoms with Crippen molar-refractivity contribution in [1.29, 1.82) is 0 Å². The zero-order chi connectivity index (χ0) is 13.3. The van der Waals surface area contributed by atoms with E-state index in [0.29, 0.717) is 12.3 Å². The fourth-order valence-electron chi connectivity index (χ4n) is 1.80. The molecule has 0 fully saturated rings. The highest BCUT2D eigenvalue weighted by atomic mass is 79.9. The van der Waals surface area contributed by atoms with E-state index < -0.39 is 0 Å². The van der Waals surface area contributed by atoms with Crippen molar-refractivity contribution in [3.63, 3.8) is 0 Å². The first-order chi connectivity index (χ1) is 8.04. The maximum Gasteiger partial charge on any atom is 0.223 e. The molecule has 17 heavy (non-hydrogen) atoms. The highest BCUT2D eigenvalue weighted by Crippen LogP contribution is 2.03. The molecule has 4 heteroatoms. The molecule has 0 unspecified atom stereocenters. The predicted octanol–water partition coefficient (Wildman–Crippen LogP) is 2.60. The quantitative estimate of drug-likeness (QED) is 0.611. The van der Waals surface area contributed by atoms with Crippen LogP contribution < -0.4 is 0 Å². The van der Waals surface area contributed by atoms with Crippen molar-refractivity contribution in [2.45, 2.75) is 34.1 Å². The Bertz CT molecular complexity index is 206. The molecule has 1 amide bonds. The number of rotatable bonds is 9. The van der Waals surface area contributed by atoms with Crippen LogP contribution in [0.3, 0.4) is 0 Å². The summed E-state index contributed by atoms with van der Waals surface area (Å²) in [5.41, 5.74) is 0. The molecule has 0 heterocycles. The number of likely N-dealkylation sites (N-methyl/N-ethyl adjacent to an activating group) is 1. The van der Waals surface area contributed by atoms with Gasteiger partial charge in [0.1, 0.15) is 0 Å². The summed E-state index contributed by atoms with van der Waals surface area (Å²) in [6, 6.07) is 0. The summed E-state index contributed by atoms with van der Waals surface area (Å²) in [6.07, 6.45) is 0.602. The smallest absolute Gasteiger partial charge is 0.223 e. The average molecular weight is 307 g/mol. The molecule has 3 nitrogen and oxygen atoms in total. The van der Waals surface area contributed by atoms with Gasteiger partial charge >= 0.3 is 0 Å². The summed E-state index contributed by atoms with van der Waals surface area (Å²) in [4.78, 5) is 16.3. The van der Waals surface area contributed by atoms with Gasteiger partial charge in [0.2, 0.25) is 5.91 Å². The summed E-state index contributed by atoms with van der Waals surface area (Å²) < 4.78 is 0. The fourth-order valence-corrected chi connectivity index (χ4v) is 2.14. The van der Waals surface area contributed by atoms with Gasteiger partial charge in [0.05, 0.1) is 0 Å². The van der Waals surface area contributed by atoms with Crippen LogP contribution in [-0.4, -0.2) is 53.8 Å². The summed E-state index contributed by atoms with van der Waals surface area (Å²) in [5, 5.41) is 0.756. The van der Waals surface area contributed by atoms with Gasteiger partial charge in [-0.15, -0.1) is 0 Å². The maximum atomic E-state index is 11.9. The molecule has 0 N–H and O–H groups in total. The number of hydrogen-bond acceptors (Lipinski definition) is 2. The van der Waals surface area contributed by atoms with Crippen molar-refractivity contribution < 1.29 is 4.79 Å². The van der Waals surface area contributed by atoms with Gasteiger partial charge < -0.3 is 9.80 Å². The van der Waals surface area contributed by atoms with Crippen molar-refractivity contribution in [2.75, 3.05) is 38.1 Å². The second-order valence-electron chi connectivity index (χ2n) is 4.70. The van der Waals surface area contributed by atoms with E-state index in [-0.39, 0.29) is 5.91 Å². The second kappa shape index (κ2) is 9.89. The van der Waals surface area contributed by atoms with Gasteiger partial charge in [-0.25, -0.2) is 0 Å². The number of nitrogens with zero attached hydrogens (tertiary/aromatic N) is 2. The first-order valence-corrected chi connectivity index (χ1v) is 7.73.